The number of hydrogen-bond donors (Lipinski definition) is 0. The van der Waals surface area contributed by atoms with Crippen molar-refractivity contribution >= 4 is 23.4 Å². The standard InChI is InChI=1S/C21H20ClF2NO4/c22-13-7-9-14(10-8-13)25-20(15-4-3-5-16(23)19(15)24)17(29-21(25)26)12-28-18-6-1-2-11-27-18/h3-5,7-10,17-18,20H,1-2,6,11-12H2/t17-,18?,20-/m0/s1. The highest BCUT2D eigenvalue weighted by Crippen LogP contribution is 2.39. The Hall–Kier alpha value is -2.22. The van der Waals surface area contributed by atoms with E-state index in [-0.39, 0.29) is 12.2 Å². The second-order valence-electron chi connectivity index (χ2n) is 6.99. The Balaban J connectivity index is 1.65. The lowest BCUT2D eigenvalue weighted by Gasteiger charge is -2.27. The lowest BCUT2D eigenvalue weighted by atomic mass is 9.99. The number of cyclic esters (lactones) is 1. The van der Waals surface area contributed by atoms with Crippen molar-refractivity contribution in [2.45, 2.75) is 37.7 Å². The van der Waals surface area contributed by atoms with Crippen LogP contribution in [0.15, 0.2) is 42.5 Å². The van der Waals surface area contributed by atoms with Crippen molar-refractivity contribution in [3.8, 4) is 0 Å². The number of anilines is 1. The molecule has 2 heterocycles. The fraction of sp³-hybridized carbons (Fsp3) is 0.381. The number of nitrogens with zero attached hydrogens (tertiary/aromatic N) is 1. The zero-order valence-electron chi connectivity index (χ0n) is 15.5. The van der Waals surface area contributed by atoms with Crippen molar-refractivity contribution in [1.29, 1.82) is 0 Å². The summed E-state index contributed by atoms with van der Waals surface area (Å²) in [5.41, 5.74) is 0.480. The molecule has 0 radical (unpaired) electrons. The molecule has 0 bridgehead atoms. The highest BCUT2D eigenvalue weighted by molar-refractivity contribution is 6.30. The van der Waals surface area contributed by atoms with Crippen LogP contribution in [0.1, 0.15) is 30.9 Å². The highest BCUT2D eigenvalue weighted by atomic mass is 35.5. The van der Waals surface area contributed by atoms with Gasteiger partial charge in [0.1, 0.15) is 6.04 Å². The van der Waals surface area contributed by atoms with Gasteiger partial charge in [-0.25, -0.2) is 13.6 Å². The molecule has 0 aliphatic carbocycles. The average Bonchev–Trinajstić information content (AvgIpc) is 3.06. The van der Waals surface area contributed by atoms with Gasteiger partial charge in [-0.3, -0.25) is 4.90 Å². The smallest absolute Gasteiger partial charge is 0.415 e. The molecule has 29 heavy (non-hydrogen) atoms. The molecule has 2 saturated heterocycles. The van der Waals surface area contributed by atoms with E-state index in [1.54, 1.807) is 24.3 Å². The van der Waals surface area contributed by atoms with Gasteiger partial charge in [0.2, 0.25) is 0 Å². The van der Waals surface area contributed by atoms with Gasteiger partial charge in [-0.15, -0.1) is 0 Å². The van der Waals surface area contributed by atoms with Crippen molar-refractivity contribution in [2.24, 2.45) is 0 Å². The summed E-state index contributed by atoms with van der Waals surface area (Å²) in [7, 11) is 0. The quantitative estimate of drug-likeness (QED) is 0.660. The van der Waals surface area contributed by atoms with E-state index in [1.165, 1.54) is 17.0 Å². The van der Waals surface area contributed by atoms with Gasteiger partial charge in [0, 0.05) is 22.9 Å². The van der Waals surface area contributed by atoms with Gasteiger partial charge >= 0.3 is 6.09 Å². The van der Waals surface area contributed by atoms with E-state index in [0.29, 0.717) is 17.3 Å². The molecular weight excluding hydrogens is 404 g/mol. The van der Waals surface area contributed by atoms with Gasteiger partial charge in [0.15, 0.2) is 24.0 Å². The normalized spacial score (nSPS) is 24.6. The number of hydrogen-bond acceptors (Lipinski definition) is 4. The third-order valence-corrected chi connectivity index (χ3v) is 5.32. The molecule has 0 spiro atoms. The van der Waals surface area contributed by atoms with E-state index in [0.717, 1.165) is 25.3 Å². The van der Waals surface area contributed by atoms with Crippen LogP contribution in [0.3, 0.4) is 0 Å². The second-order valence-corrected chi connectivity index (χ2v) is 7.42. The Kier molecular flexibility index (Phi) is 5.99. The number of carbonyl (C=O) groups excluding carboxylic acids is 1. The molecule has 1 amide bonds. The first-order valence-corrected chi connectivity index (χ1v) is 9.85. The molecule has 154 valence electrons. The number of rotatable bonds is 5. The van der Waals surface area contributed by atoms with Crippen molar-refractivity contribution < 1.29 is 27.8 Å². The SMILES string of the molecule is O=C1O[C@@H](COC2CCCCO2)[C@H](c2cccc(F)c2F)N1c1ccc(Cl)cc1. The van der Waals surface area contributed by atoms with Crippen LogP contribution >= 0.6 is 11.6 Å². The lowest BCUT2D eigenvalue weighted by Crippen LogP contribution is -2.33. The highest BCUT2D eigenvalue weighted by Gasteiger charge is 2.45. The van der Waals surface area contributed by atoms with E-state index in [2.05, 4.69) is 0 Å². The zero-order chi connectivity index (χ0) is 20.4. The molecule has 2 aromatic carbocycles. The molecule has 8 heteroatoms. The summed E-state index contributed by atoms with van der Waals surface area (Å²) in [5, 5.41) is 0.490. The minimum atomic E-state index is -1.02. The summed E-state index contributed by atoms with van der Waals surface area (Å²) in [6, 6.07) is 9.46. The maximum absolute atomic E-state index is 14.6. The minimum absolute atomic E-state index is 0.00111. The van der Waals surface area contributed by atoms with Gasteiger partial charge in [-0.05, 0) is 49.6 Å². The van der Waals surface area contributed by atoms with Gasteiger partial charge in [-0.2, -0.15) is 0 Å². The summed E-state index contributed by atoms with van der Waals surface area (Å²) < 4.78 is 45.4. The Labute approximate surface area is 172 Å². The van der Waals surface area contributed by atoms with E-state index >= 15 is 0 Å². The van der Waals surface area contributed by atoms with Crippen molar-refractivity contribution in [1.82, 2.24) is 0 Å². The van der Waals surface area contributed by atoms with Crippen LogP contribution in [0.4, 0.5) is 19.3 Å². The number of ether oxygens (including phenoxy) is 3. The van der Waals surface area contributed by atoms with Crippen LogP contribution in [0, 0.1) is 11.6 Å². The molecule has 3 atom stereocenters. The molecule has 2 aromatic rings. The Morgan fingerprint density at radius 3 is 2.66 bits per heavy atom. The Morgan fingerprint density at radius 2 is 1.93 bits per heavy atom. The molecule has 0 saturated carbocycles. The summed E-state index contributed by atoms with van der Waals surface area (Å²) in [6.07, 6.45) is 0.790. The first-order chi connectivity index (χ1) is 14.0. The molecule has 2 fully saturated rings. The molecule has 2 aliphatic heterocycles. The van der Waals surface area contributed by atoms with Crippen LogP contribution in [-0.4, -0.2) is 31.7 Å². The Bertz CT molecular complexity index is 873. The van der Waals surface area contributed by atoms with Crippen LogP contribution in [-0.2, 0) is 14.2 Å². The first-order valence-electron chi connectivity index (χ1n) is 9.47. The summed E-state index contributed by atoms with van der Waals surface area (Å²) in [6.45, 7) is 0.606. The van der Waals surface area contributed by atoms with Crippen molar-refractivity contribution in [3.05, 3.63) is 64.7 Å². The zero-order valence-corrected chi connectivity index (χ0v) is 16.3. The molecular formula is C21H20ClF2NO4. The second kappa shape index (κ2) is 8.65. The van der Waals surface area contributed by atoms with Gasteiger partial charge in [0.25, 0.3) is 0 Å². The predicted octanol–water partition coefficient (Wildman–Crippen LogP) is 5.23. The van der Waals surface area contributed by atoms with Crippen molar-refractivity contribution in [2.75, 3.05) is 18.1 Å². The van der Waals surface area contributed by atoms with E-state index in [9.17, 15) is 13.6 Å². The maximum Gasteiger partial charge on any atom is 0.415 e. The number of benzene rings is 2. The third-order valence-electron chi connectivity index (χ3n) is 5.07. The number of halogens is 3. The average molecular weight is 424 g/mol. The largest absolute Gasteiger partial charge is 0.441 e. The monoisotopic (exact) mass is 423 g/mol. The molecule has 4 rings (SSSR count). The molecule has 1 unspecified atom stereocenters. The maximum atomic E-state index is 14.6. The van der Waals surface area contributed by atoms with Gasteiger partial charge in [-0.1, -0.05) is 23.7 Å². The summed E-state index contributed by atoms with van der Waals surface area (Å²) >= 11 is 5.94. The molecule has 0 N–H and O–H groups in total. The van der Waals surface area contributed by atoms with Crippen molar-refractivity contribution in [3.63, 3.8) is 0 Å². The lowest BCUT2D eigenvalue weighted by molar-refractivity contribution is -0.174. The molecule has 0 aromatic heterocycles. The first kappa shape index (κ1) is 20.1. The van der Waals surface area contributed by atoms with Crippen LogP contribution < -0.4 is 4.90 Å². The van der Waals surface area contributed by atoms with E-state index in [4.69, 9.17) is 25.8 Å². The van der Waals surface area contributed by atoms with Crippen LogP contribution in [0.2, 0.25) is 5.02 Å². The fourth-order valence-corrected chi connectivity index (χ4v) is 3.78. The number of amides is 1. The molecule has 5 nitrogen and oxygen atoms in total. The molecule has 2 aliphatic rings. The van der Waals surface area contributed by atoms with Crippen LogP contribution in [0.25, 0.3) is 0 Å². The van der Waals surface area contributed by atoms with E-state index in [1.807, 2.05) is 0 Å². The minimum Gasteiger partial charge on any atom is -0.441 e. The predicted molar refractivity (Wildman–Crippen MR) is 103 cm³/mol. The number of carbonyl (C=O) groups is 1. The Morgan fingerprint density at radius 1 is 1.14 bits per heavy atom. The summed E-state index contributed by atoms with van der Waals surface area (Å²) in [4.78, 5) is 14.0. The summed E-state index contributed by atoms with van der Waals surface area (Å²) in [5.74, 6) is -2.01. The van der Waals surface area contributed by atoms with Crippen LogP contribution in [0.5, 0.6) is 0 Å². The topological polar surface area (TPSA) is 48.0 Å². The fourth-order valence-electron chi connectivity index (χ4n) is 3.66. The van der Waals surface area contributed by atoms with E-state index < -0.39 is 36.2 Å². The van der Waals surface area contributed by atoms with Gasteiger partial charge < -0.3 is 14.2 Å². The van der Waals surface area contributed by atoms with Gasteiger partial charge in [0.05, 0.1) is 6.61 Å². The third kappa shape index (κ3) is 4.22.